The molecule has 0 aromatic carbocycles. The quantitative estimate of drug-likeness (QED) is 0.808. The average Bonchev–Trinajstić information content (AvgIpc) is 2.24. The van der Waals surface area contributed by atoms with Gasteiger partial charge in [0.05, 0.1) is 6.10 Å². The lowest BCUT2D eigenvalue weighted by atomic mass is 10.1. The standard InChI is InChI=1S/C13H24N4O/c1-6-7-14-12-15-11(8-9(2)3)16-13(17-12)18-10(4)5/h9-10H,6-8H2,1-5H3,(H,14,15,16,17). The zero-order valence-corrected chi connectivity index (χ0v) is 12.0. The lowest BCUT2D eigenvalue weighted by molar-refractivity contribution is 0.220. The third kappa shape index (κ3) is 5.29. The van der Waals surface area contributed by atoms with Gasteiger partial charge in [0.25, 0.3) is 0 Å². The first kappa shape index (κ1) is 14.7. The van der Waals surface area contributed by atoms with Crippen LogP contribution in [0.1, 0.15) is 46.9 Å². The fraction of sp³-hybridized carbons (Fsp3) is 0.769. The lowest BCUT2D eigenvalue weighted by Crippen LogP contribution is -2.14. The van der Waals surface area contributed by atoms with E-state index in [1.54, 1.807) is 0 Å². The van der Waals surface area contributed by atoms with E-state index < -0.39 is 0 Å². The maximum atomic E-state index is 5.55. The smallest absolute Gasteiger partial charge is 0.321 e. The summed E-state index contributed by atoms with van der Waals surface area (Å²) in [5.41, 5.74) is 0. The highest BCUT2D eigenvalue weighted by Crippen LogP contribution is 2.12. The maximum Gasteiger partial charge on any atom is 0.321 e. The Hall–Kier alpha value is -1.39. The number of aromatic nitrogens is 3. The van der Waals surface area contributed by atoms with Gasteiger partial charge < -0.3 is 10.1 Å². The van der Waals surface area contributed by atoms with Gasteiger partial charge in [0, 0.05) is 13.0 Å². The Morgan fingerprint density at radius 2 is 1.83 bits per heavy atom. The molecule has 0 unspecified atom stereocenters. The minimum atomic E-state index is 0.0679. The van der Waals surface area contributed by atoms with Crippen LogP contribution in [0.5, 0.6) is 6.01 Å². The monoisotopic (exact) mass is 252 g/mol. The summed E-state index contributed by atoms with van der Waals surface area (Å²) >= 11 is 0. The van der Waals surface area contributed by atoms with E-state index in [1.165, 1.54) is 0 Å². The Bertz CT molecular complexity index is 338. The van der Waals surface area contributed by atoms with E-state index in [-0.39, 0.29) is 6.10 Å². The van der Waals surface area contributed by atoms with Crippen LogP contribution in [-0.2, 0) is 6.42 Å². The first-order valence-corrected chi connectivity index (χ1v) is 6.66. The van der Waals surface area contributed by atoms with Crippen LogP contribution in [0.3, 0.4) is 0 Å². The highest BCUT2D eigenvalue weighted by molar-refractivity contribution is 5.25. The predicted octanol–water partition coefficient (Wildman–Crippen LogP) is 2.68. The van der Waals surface area contributed by atoms with Crippen molar-refractivity contribution in [1.82, 2.24) is 15.0 Å². The second kappa shape index (κ2) is 7.13. The van der Waals surface area contributed by atoms with Crippen molar-refractivity contribution in [3.8, 4) is 6.01 Å². The summed E-state index contributed by atoms with van der Waals surface area (Å²) in [7, 11) is 0. The van der Waals surface area contributed by atoms with Crippen molar-refractivity contribution in [2.24, 2.45) is 5.92 Å². The highest BCUT2D eigenvalue weighted by Gasteiger charge is 2.10. The van der Waals surface area contributed by atoms with Crippen LogP contribution in [0.15, 0.2) is 0 Å². The van der Waals surface area contributed by atoms with Crippen LogP contribution in [0.2, 0.25) is 0 Å². The summed E-state index contributed by atoms with van der Waals surface area (Å²) < 4.78 is 5.55. The molecule has 0 fully saturated rings. The van der Waals surface area contributed by atoms with Gasteiger partial charge in [-0.15, -0.1) is 0 Å². The number of hydrogen-bond donors (Lipinski definition) is 1. The van der Waals surface area contributed by atoms with Crippen molar-refractivity contribution in [2.75, 3.05) is 11.9 Å². The molecule has 1 N–H and O–H groups in total. The number of ether oxygens (including phenoxy) is 1. The zero-order chi connectivity index (χ0) is 13.5. The molecule has 0 aliphatic carbocycles. The van der Waals surface area contributed by atoms with Gasteiger partial charge in [0.15, 0.2) is 0 Å². The van der Waals surface area contributed by atoms with Crippen LogP contribution >= 0.6 is 0 Å². The van der Waals surface area contributed by atoms with Gasteiger partial charge in [-0.05, 0) is 26.2 Å². The maximum absolute atomic E-state index is 5.55. The van der Waals surface area contributed by atoms with E-state index in [4.69, 9.17) is 4.74 Å². The van der Waals surface area contributed by atoms with E-state index in [2.05, 4.69) is 41.0 Å². The fourth-order valence-corrected chi connectivity index (χ4v) is 1.43. The summed E-state index contributed by atoms with van der Waals surface area (Å²) in [6.45, 7) is 11.2. The molecular formula is C13H24N4O. The molecule has 102 valence electrons. The zero-order valence-electron chi connectivity index (χ0n) is 12.0. The molecule has 0 saturated heterocycles. The third-order valence-electron chi connectivity index (χ3n) is 2.13. The normalized spacial score (nSPS) is 11.1. The molecule has 0 spiro atoms. The van der Waals surface area contributed by atoms with Crippen molar-refractivity contribution in [3.63, 3.8) is 0 Å². The SMILES string of the molecule is CCCNc1nc(CC(C)C)nc(OC(C)C)n1. The Morgan fingerprint density at radius 1 is 1.11 bits per heavy atom. The Labute approximate surface area is 109 Å². The largest absolute Gasteiger partial charge is 0.461 e. The molecule has 5 nitrogen and oxygen atoms in total. The molecule has 0 bridgehead atoms. The molecule has 1 heterocycles. The summed E-state index contributed by atoms with van der Waals surface area (Å²) in [4.78, 5) is 13.0. The third-order valence-corrected chi connectivity index (χ3v) is 2.13. The second-order valence-electron chi connectivity index (χ2n) is 5.05. The van der Waals surface area contributed by atoms with Crippen LogP contribution in [0, 0.1) is 5.92 Å². The Kier molecular flexibility index (Phi) is 5.82. The predicted molar refractivity (Wildman–Crippen MR) is 72.9 cm³/mol. The van der Waals surface area contributed by atoms with Crippen LogP contribution in [0.25, 0.3) is 0 Å². The molecule has 5 heteroatoms. The van der Waals surface area contributed by atoms with Gasteiger partial charge in [-0.1, -0.05) is 20.8 Å². The number of rotatable bonds is 7. The van der Waals surface area contributed by atoms with E-state index in [1.807, 2.05) is 13.8 Å². The van der Waals surface area contributed by atoms with Gasteiger partial charge in [-0.2, -0.15) is 15.0 Å². The first-order valence-electron chi connectivity index (χ1n) is 6.66. The molecule has 0 radical (unpaired) electrons. The van der Waals surface area contributed by atoms with Crippen LogP contribution in [0.4, 0.5) is 5.95 Å². The molecule has 18 heavy (non-hydrogen) atoms. The van der Waals surface area contributed by atoms with Gasteiger partial charge in [-0.25, -0.2) is 0 Å². The van der Waals surface area contributed by atoms with E-state index in [0.717, 1.165) is 25.2 Å². The molecule has 1 rings (SSSR count). The van der Waals surface area contributed by atoms with Gasteiger partial charge in [0.2, 0.25) is 5.95 Å². The van der Waals surface area contributed by atoms with Crippen molar-refractivity contribution < 1.29 is 4.74 Å². The topological polar surface area (TPSA) is 59.9 Å². The molecule has 0 aliphatic rings. The van der Waals surface area contributed by atoms with Gasteiger partial charge in [-0.3, -0.25) is 0 Å². The van der Waals surface area contributed by atoms with Crippen molar-refractivity contribution in [2.45, 2.75) is 53.6 Å². The van der Waals surface area contributed by atoms with Gasteiger partial charge in [0.1, 0.15) is 5.82 Å². The molecule has 0 amide bonds. The van der Waals surface area contributed by atoms with Crippen molar-refractivity contribution in [1.29, 1.82) is 0 Å². The van der Waals surface area contributed by atoms with Crippen molar-refractivity contribution >= 4 is 5.95 Å². The summed E-state index contributed by atoms with van der Waals surface area (Å²) in [5.74, 6) is 1.91. The minimum Gasteiger partial charge on any atom is -0.461 e. The molecule has 0 saturated carbocycles. The van der Waals surface area contributed by atoms with E-state index in [0.29, 0.717) is 17.9 Å². The van der Waals surface area contributed by atoms with Crippen LogP contribution < -0.4 is 10.1 Å². The molecular weight excluding hydrogens is 228 g/mol. The second-order valence-corrected chi connectivity index (χ2v) is 5.05. The van der Waals surface area contributed by atoms with Crippen molar-refractivity contribution in [3.05, 3.63) is 5.82 Å². The average molecular weight is 252 g/mol. The molecule has 0 atom stereocenters. The summed E-state index contributed by atoms with van der Waals surface area (Å²) in [6, 6.07) is 0.411. The molecule has 1 aromatic heterocycles. The van der Waals surface area contributed by atoms with Crippen LogP contribution in [-0.4, -0.2) is 27.6 Å². The van der Waals surface area contributed by atoms with E-state index >= 15 is 0 Å². The minimum absolute atomic E-state index is 0.0679. The van der Waals surface area contributed by atoms with E-state index in [9.17, 15) is 0 Å². The summed E-state index contributed by atoms with van der Waals surface area (Å²) in [6.07, 6.45) is 1.93. The highest BCUT2D eigenvalue weighted by atomic mass is 16.5. The number of anilines is 1. The Morgan fingerprint density at radius 3 is 2.39 bits per heavy atom. The number of nitrogens with zero attached hydrogens (tertiary/aromatic N) is 3. The number of hydrogen-bond acceptors (Lipinski definition) is 5. The Balaban J connectivity index is 2.88. The molecule has 1 aromatic rings. The summed E-state index contributed by atoms with van der Waals surface area (Å²) in [5, 5.41) is 3.18. The number of nitrogens with one attached hydrogen (secondary N) is 1. The fourth-order valence-electron chi connectivity index (χ4n) is 1.43. The first-order chi connectivity index (χ1) is 8.51. The van der Waals surface area contributed by atoms with Gasteiger partial charge >= 0.3 is 6.01 Å². The molecule has 0 aliphatic heterocycles. The lowest BCUT2D eigenvalue weighted by Gasteiger charge is -2.12.